The van der Waals surface area contributed by atoms with Gasteiger partial charge in [0, 0.05) is 41.9 Å². The fraction of sp³-hybridized carbons (Fsp3) is 0.591. The van der Waals surface area contributed by atoms with E-state index in [0.29, 0.717) is 0 Å². The van der Waals surface area contributed by atoms with Crippen molar-refractivity contribution in [3.8, 4) is 0 Å². The second-order valence-electron chi connectivity index (χ2n) is 8.72. The van der Waals surface area contributed by atoms with Crippen LogP contribution in [0.5, 0.6) is 0 Å². The highest BCUT2D eigenvalue weighted by Crippen LogP contribution is 2.51. The first-order valence-corrected chi connectivity index (χ1v) is 11.7. The number of aromatic nitrogens is 1. The highest BCUT2D eigenvalue weighted by Gasteiger charge is 2.60. The number of amides is 1. The van der Waals surface area contributed by atoms with Crippen molar-refractivity contribution in [1.29, 1.82) is 0 Å². The molecule has 0 aliphatic carbocycles. The van der Waals surface area contributed by atoms with E-state index in [1.54, 1.807) is 18.7 Å². The van der Waals surface area contributed by atoms with E-state index in [2.05, 4.69) is 21.3 Å². The average molecular weight is 447 g/mol. The Labute approximate surface area is 186 Å². The second kappa shape index (κ2) is 8.90. The highest BCUT2D eigenvalue weighted by molar-refractivity contribution is 8.03. The van der Waals surface area contributed by atoms with Gasteiger partial charge in [-0.05, 0) is 38.6 Å². The average Bonchev–Trinajstić information content (AvgIpc) is 3.25. The molecule has 0 bridgehead atoms. The molecule has 0 saturated carbocycles. The van der Waals surface area contributed by atoms with Crippen molar-refractivity contribution in [2.24, 2.45) is 11.8 Å². The molecule has 4 heterocycles. The molecular formula is C22H30N4O4S. The van der Waals surface area contributed by atoms with Crippen LogP contribution in [0.15, 0.2) is 28.9 Å². The molecule has 8 nitrogen and oxygen atoms in total. The zero-order valence-electron chi connectivity index (χ0n) is 18.1. The summed E-state index contributed by atoms with van der Waals surface area (Å²) in [4.78, 5) is 33.5. The van der Waals surface area contributed by atoms with Crippen molar-refractivity contribution in [2.45, 2.75) is 50.8 Å². The van der Waals surface area contributed by atoms with Crippen molar-refractivity contribution < 1.29 is 19.8 Å². The first-order valence-electron chi connectivity index (χ1n) is 10.8. The number of aliphatic hydroxyl groups is 1. The van der Waals surface area contributed by atoms with Gasteiger partial charge in [-0.3, -0.25) is 14.7 Å². The summed E-state index contributed by atoms with van der Waals surface area (Å²) < 4.78 is 0. The van der Waals surface area contributed by atoms with E-state index in [4.69, 9.17) is 0 Å². The maximum atomic E-state index is 12.5. The lowest BCUT2D eigenvalue weighted by molar-refractivity contribution is -0.163. The Hall–Kier alpha value is -1.94. The van der Waals surface area contributed by atoms with Gasteiger partial charge in [0.25, 0.3) is 0 Å². The summed E-state index contributed by atoms with van der Waals surface area (Å²) >= 11 is 1.60. The van der Waals surface area contributed by atoms with Crippen molar-refractivity contribution >= 4 is 23.6 Å². The summed E-state index contributed by atoms with van der Waals surface area (Å²) in [6, 6.07) is 3.90. The summed E-state index contributed by atoms with van der Waals surface area (Å²) in [5.74, 6) is -1.92. The van der Waals surface area contributed by atoms with Crippen molar-refractivity contribution in [2.75, 3.05) is 20.1 Å². The number of hydrogen-bond donors (Lipinski definition) is 3. The number of β-lactam (4-membered cyclic amide) rings is 1. The smallest absolute Gasteiger partial charge is 0.353 e. The van der Waals surface area contributed by atoms with Gasteiger partial charge in [0.1, 0.15) is 5.70 Å². The highest BCUT2D eigenvalue weighted by atomic mass is 32.2. The van der Waals surface area contributed by atoms with Crippen LogP contribution in [-0.2, 0) is 22.7 Å². The second-order valence-corrected chi connectivity index (χ2v) is 10.1. The number of aliphatic carboxylic acids is 1. The third-order valence-corrected chi connectivity index (χ3v) is 8.02. The summed E-state index contributed by atoms with van der Waals surface area (Å²) in [6.45, 7) is 6.96. The van der Waals surface area contributed by atoms with Crippen LogP contribution in [0.3, 0.4) is 0 Å². The molecule has 0 spiro atoms. The zero-order chi connectivity index (χ0) is 22.3. The molecule has 0 aromatic carbocycles. The maximum absolute atomic E-state index is 12.5. The van der Waals surface area contributed by atoms with Crippen LogP contribution < -0.4 is 5.32 Å². The third kappa shape index (κ3) is 4.11. The number of hydrogen-bond acceptors (Lipinski definition) is 7. The molecule has 3 N–H and O–H groups in total. The molecule has 31 heavy (non-hydrogen) atoms. The quantitative estimate of drug-likeness (QED) is 0.513. The first kappa shape index (κ1) is 22.3. The van der Waals surface area contributed by atoms with Crippen LogP contribution in [0.1, 0.15) is 31.5 Å². The van der Waals surface area contributed by atoms with Crippen molar-refractivity contribution in [1.82, 2.24) is 20.1 Å². The normalized spacial score (nSPS) is 29.3. The molecule has 2 saturated heterocycles. The summed E-state index contributed by atoms with van der Waals surface area (Å²) in [5, 5.41) is 23.2. The van der Waals surface area contributed by atoms with Crippen LogP contribution in [0.4, 0.5) is 0 Å². The topological polar surface area (TPSA) is 106 Å². The number of aliphatic hydroxyl groups excluding tert-OH is 1. The van der Waals surface area contributed by atoms with Crippen molar-refractivity contribution in [3.63, 3.8) is 0 Å². The molecule has 2 fully saturated rings. The summed E-state index contributed by atoms with van der Waals surface area (Å²) in [7, 11) is 1.90. The summed E-state index contributed by atoms with van der Waals surface area (Å²) in [6.07, 6.45) is 2.12. The Bertz CT molecular complexity index is 888. The zero-order valence-corrected chi connectivity index (χ0v) is 18.9. The lowest BCUT2D eigenvalue weighted by Gasteiger charge is -2.46. The molecule has 1 aromatic rings. The van der Waals surface area contributed by atoms with Gasteiger partial charge in [-0.1, -0.05) is 13.0 Å². The number of nitrogens with zero attached hydrogens (tertiary/aromatic N) is 3. The number of rotatable bonds is 8. The third-order valence-electron chi connectivity index (χ3n) is 6.48. The summed E-state index contributed by atoms with van der Waals surface area (Å²) in [5.41, 5.74) is 2.30. The maximum Gasteiger partial charge on any atom is 0.353 e. The number of thioether (sulfide) groups is 1. The largest absolute Gasteiger partial charge is 0.477 e. The molecule has 9 heteroatoms. The Morgan fingerprint density at radius 2 is 2.19 bits per heavy atom. The minimum absolute atomic E-state index is 0.0774. The van der Waals surface area contributed by atoms with Crippen molar-refractivity contribution in [3.05, 3.63) is 40.2 Å². The van der Waals surface area contributed by atoms with Gasteiger partial charge < -0.3 is 20.4 Å². The number of carbonyl (C=O) groups excluding carboxylic acids is 1. The number of fused-ring (bicyclic) bond motifs is 1. The van der Waals surface area contributed by atoms with Gasteiger partial charge in [-0.2, -0.15) is 0 Å². The SMILES string of the molecule is CNCc1ccc(CN2CC[C@@H](SC3=C(C(=O)O)N4C(=O)[C@H]([C@@H](C)O)[C@H]4[C@H]3C)C2)cn1. The monoisotopic (exact) mass is 446 g/mol. The molecule has 168 valence electrons. The Morgan fingerprint density at radius 3 is 2.81 bits per heavy atom. The Balaban J connectivity index is 1.41. The van der Waals surface area contributed by atoms with Gasteiger partial charge >= 0.3 is 5.97 Å². The lowest BCUT2D eigenvalue weighted by Crippen LogP contribution is -2.63. The molecule has 0 unspecified atom stereocenters. The van der Waals surface area contributed by atoms with Gasteiger partial charge in [-0.15, -0.1) is 11.8 Å². The van der Waals surface area contributed by atoms with Gasteiger partial charge in [0.05, 0.1) is 23.8 Å². The van der Waals surface area contributed by atoms with E-state index < -0.39 is 18.0 Å². The first-order chi connectivity index (χ1) is 14.8. The van der Waals surface area contributed by atoms with Gasteiger partial charge in [0.15, 0.2) is 0 Å². The van der Waals surface area contributed by atoms with E-state index in [1.165, 1.54) is 10.5 Å². The lowest BCUT2D eigenvalue weighted by atomic mass is 9.79. The van der Waals surface area contributed by atoms with Crippen LogP contribution in [-0.4, -0.2) is 74.4 Å². The van der Waals surface area contributed by atoms with E-state index in [0.717, 1.165) is 43.2 Å². The van der Waals surface area contributed by atoms with E-state index >= 15 is 0 Å². The van der Waals surface area contributed by atoms with E-state index in [1.807, 2.05) is 26.2 Å². The van der Waals surface area contributed by atoms with Crippen LogP contribution in [0.25, 0.3) is 0 Å². The Kier molecular flexibility index (Phi) is 6.39. The number of likely N-dealkylation sites (tertiary alicyclic amines) is 1. The molecule has 1 amide bonds. The predicted molar refractivity (Wildman–Crippen MR) is 118 cm³/mol. The number of carboxylic acids is 1. The fourth-order valence-corrected chi connectivity index (χ4v) is 6.51. The van der Waals surface area contributed by atoms with Crippen LogP contribution in [0.2, 0.25) is 0 Å². The molecule has 4 rings (SSSR count). The standard InChI is InChI=1S/C22H30N4O4S/c1-12-18-17(13(2)27)21(28)26(18)19(22(29)30)20(12)31-16-6-7-25(11-16)10-14-4-5-15(9-23-3)24-8-14/h4-5,8,12-13,16-18,23,27H,6-7,9-11H2,1-3H3,(H,29,30)/t12-,13-,16-,17-,18-/m1/s1. The number of nitrogens with one attached hydrogen (secondary N) is 1. The number of carbonyl (C=O) groups is 2. The van der Waals surface area contributed by atoms with Crippen LogP contribution >= 0.6 is 11.8 Å². The number of carboxylic acid groups (broad SMARTS) is 1. The molecule has 0 radical (unpaired) electrons. The molecule has 5 atom stereocenters. The van der Waals surface area contributed by atoms with Gasteiger partial charge in [0.2, 0.25) is 5.91 Å². The predicted octanol–water partition coefficient (Wildman–Crippen LogP) is 1.26. The molecular weight excluding hydrogens is 416 g/mol. The van der Waals surface area contributed by atoms with E-state index in [9.17, 15) is 19.8 Å². The molecule has 1 aromatic heterocycles. The van der Waals surface area contributed by atoms with Crippen LogP contribution in [0, 0.1) is 11.8 Å². The molecule has 3 aliphatic heterocycles. The minimum Gasteiger partial charge on any atom is -0.477 e. The number of pyridine rings is 1. The fourth-order valence-electron chi connectivity index (χ4n) is 4.99. The van der Waals surface area contributed by atoms with E-state index in [-0.39, 0.29) is 28.8 Å². The Morgan fingerprint density at radius 1 is 1.42 bits per heavy atom. The molecule has 3 aliphatic rings. The van der Waals surface area contributed by atoms with Gasteiger partial charge in [-0.25, -0.2) is 4.79 Å². The minimum atomic E-state index is -1.06.